The zero-order valence-electron chi connectivity index (χ0n) is 9.23. The number of nitrogens with zero attached hydrogens (tertiary/aromatic N) is 2. The number of rotatable bonds is 2. The summed E-state index contributed by atoms with van der Waals surface area (Å²) in [5.41, 5.74) is 0.798. The number of ketones is 1. The van der Waals surface area contributed by atoms with Crippen LogP contribution in [0.15, 0.2) is 6.20 Å². The minimum Gasteiger partial charge on any atom is -0.329 e. The Morgan fingerprint density at radius 2 is 2.13 bits per heavy atom. The van der Waals surface area contributed by atoms with Crippen LogP contribution in [-0.2, 0) is 7.05 Å². The van der Waals surface area contributed by atoms with E-state index in [1.54, 1.807) is 6.20 Å². The third kappa shape index (κ3) is 1.18. The summed E-state index contributed by atoms with van der Waals surface area (Å²) in [6.45, 7) is 1.94. The molecule has 80 valence electrons. The molecule has 3 rings (SSSR count). The van der Waals surface area contributed by atoms with Gasteiger partial charge in [0.2, 0.25) is 0 Å². The topological polar surface area (TPSA) is 34.9 Å². The Labute approximate surface area is 89.5 Å². The van der Waals surface area contributed by atoms with Crippen LogP contribution < -0.4 is 0 Å². The van der Waals surface area contributed by atoms with Crippen molar-refractivity contribution in [3.05, 3.63) is 17.7 Å². The summed E-state index contributed by atoms with van der Waals surface area (Å²) < 4.78 is 1.91. The van der Waals surface area contributed by atoms with Crippen molar-refractivity contribution in [3.63, 3.8) is 0 Å². The number of aromatic nitrogens is 2. The number of carbonyl (C=O) groups is 1. The van der Waals surface area contributed by atoms with Crippen molar-refractivity contribution < 1.29 is 4.79 Å². The van der Waals surface area contributed by atoms with Gasteiger partial charge in [-0.05, 0) is 31.6 Å². The summed E-state index contributed by atoms with van der Waals surface area (Å²) in [6, 6.07) is 0. The van der Waals surface area contributed by atoms with Crippen LogP contribution in [0, 0.1) is 24.7 Å². The fourth-order valence-electron chi connectivity index (χ4n) is 3.11. The number of Topliss-reactive ketones (excluding diaryl/α,β-unsaturated/α-hetero) is 1. The molecule has 2 fully saturated rings. The fourth-order valence-corrected chi connectivity index (χ4v) is 3.11. The second-order valence-electron chi connectivity index (χ2n) is 4.90. The molecule has 0 N–H and O–H groups in total. The molecule has 1 heterocycles. The molecule has 0 aromatic carbocycles. The van der Waals surface area contributed by atoms with E-state index in [0.29, 0.717) is 23.5 Å². The van der Waals surface area contributed by atoms with Gasteiger partial charge in [0, 0.05) is 13.0 Å². The SMILES string of the molecule is Cc1ncc(C(=O)C2C3CCCC32)n1C. The Morgan fingerprint density at radius 3 is 2.67 bits per heavy atom. The number of hydrogen-bond acceptors (Lipinski definition) is 2. The summed E-state index contributed by atoms with van der Waals surface area (Å²) in [5.74, 6) is 2.98. The minimum atomic E-state index is 0.327. The van der Waals surface area contributed by atoms with Crippen LogP contribution >= 0.6 is 0 Å². The molecule has 3 nitrogen and oxygen atoms in total. The normalized spacial score (nSPS) is 32.8. The van der Waals surface area contributed by atoms with Crippen molar-refractivity contribution in [1.29, 1.82) is 0 Å². The van der Waals surface area contributed by atoms with E-state index in [0.717, 1.165) is 11.5 Å². The second-order valence-corrected chi connectivity index (χ2v) is 4.90. The second kappa shape index (κ2) is 2.94. The standard InChI is InChI=1S/C12H16N2O/c1-7-13-6-10(14(7)2)12(15)11-8-4-3-5-9(8)11/h6,8-9,11H,3-5H2,1-2H3. The molecule has 0 bridgehead atoms. The van der Waals surface area contributed by atoms with Crippen molar-refractivity contribution in [2.24, 2.45) is 24.8 Å². The van der Waals surface area contributed by atoms with E-state index in [1.807, 2.05) is 18.5 Å². The van der Waals surface area contributed by atoms with Gasteiger partial charge in [-0.1, -0.05) is 6.42 Å². The van der Waals surface area contributed by atoms with Crippen molar-refractivity contribution in [1.82, 2.24) is 9.55 Å². The molecule has 2 aliphatic rings. The number of fused-ring (bicyclic) bond motifs is 1. The van der Waals surface area contributed by atoms with Crippen LogP contribution in [0.1, 0.15) is 35.6 Å². The molecule has 1 aromatic heterocycles. The van der Waals surface area contributed by atoms with E-state index in [9.17, 15) is 4.79 Å². The predicted octanol–water partition coefficient (Wildman–Crippen LogP) is 1.96. The van der Waals surface area contributed by atoms with Crippen molar-refractivity contribution in [3.8, 4) is 0 Å². The largest absolute Gasteiger partial charge is 0.329 e. The van der Waals surface area contributed by atoms with Crippen LogP contribution in [0.5, 0.6) is 0 Å². The van der Waals surface area contributed by atoms with E-state index in [2.05, 4.69) is 4.98 Å². The van der Waals surface area contributed by atoms with Gasteiger partial charge in [-0.2, -0.15) is 0 Å². The van der Waals surface area contributed by atoms with Crippen molar-refractivity contribution in [2.75, 3.05) is 0 Å². The molecule has 0 aliphatic heterocycles. The minimum absolute atomic E-state index is 0.327. The van der Waals surface area contributed by atoms with Gasteiger partial charge < -0.3 is 4.57 Å². The van der Waals surface area contributed by atoms with E-state index in [4.69, 9.17) is 0 Å². The average molecular weight is 204 g/mol. The Morgan fingerprint density at radius 1 is 1.47 bits per heavy atom. The van der Waals surface area contributed by atoms with Gasteiger partial charge in [-0.25, -0.2) is 4.98 Å². The Balaban J connectivity index is 1.84. The van der Waals surface area contributed by atoms with Crippen molar-refractivity contribution in [2.45, 2.75) is 26.2 Å². The van der Waals surface area contributed by atoms with E-state index < -0.39 is 0 Å². The molecule has 3 heteroatoms. The molecule has 0 saturated heterocycles. The highest BCUT2D eigenvalue weighted by Gasteiger charge is 2.56. The third-order valence-electron chi connectivity index (χ3n) is 4.18. The summed E-state index contributed by atoms with van der Waals surface area (Å²) in [4.78, 5) is 16.4. The maximum atomic E-state index is 12.2. The molecule has 0 spiro atoms. The summed E-state index contributed by atoms with van der Waals surface area (Å²) >= 11 is 0. The maximum absolute atomic E-state index is 12.2. The molecule has 1 aromatic rings. The maximum Gasteiger partial charge on any atom is 0.184 e. The first kappa shape index (κ1) is 9.13. The summed E-state index contributed by atoms with van der Waals surface area (Å²) in [5, 5.41) is 0. The zero-order valence-corrected chi connectivity index (χ0v) is 9.23. The first-order valence-electron chi connectivity index (χ1n) is 5.72. The molecule has 2 atom stereocenters. The number of carbonyl (C=O) groups excluding carboxylic acids is 1. The predicted molar refractivity (Wildman–Crippen MR) is 56.6 cm³/mol. The van der Waals surface area contributed by atoms with E-state index >= 15 is 0 Å². The molecule has 0 radical (unpaired) electrons. The highest BCUT2D eigenvalue weighted by molar-refractivity contribution is 5.98. The molecule has 2 saturated carbocycles. The quantitative estimate of drug-likeness (QED) is 0.690. The monoisotopic (exact) mass is 204 g/mol. The molecule has 0 amide bonds. The molecular formula is C12H16N2O. The first-order chi connectivity index (χ1) is 7.20. The third-order valence-corrected chi connectivity index (χ3v) is 4.18. The lowest BCUT2D eigenvalue weighted by molar-refractivity contribution is 0.0943. The number of aryl methyl sites for hydroxylation is 1. The van der Waals surface area contributed by atoms with E-state index in [1.165, 1.54) is 19.3 Å². The highest BCUT2D eigenvalue weighted by atomic mass is 16.1. The lowest BCUT2D eigenvalue weighted by Crippen LogP contribution is -2.11. The Hall–Kier alpha value is -1.12. The molecule has 15 heavy (non-hydrogen) atoms. The Kier molecular flexibility index (Phi) is 1.79. The molecule has 2 unspecified atom stereocenters. The van der Waals surface area contributed by atoms with Crippen LogP contribution in [0.25, 0.3) is 0 Å². The molecule has 2 aliphatic carbocycles. The van der Waals surface area contributed by atoms with Gasteiger partial charge >= 0.3 is 0 Å². The van der Waals surface area contributed by atoms with Gasteiger partial charge in [0.1, 0.15) is 11.5 Å². The van der Waals surface area contributed by atoms with Crippen molar-refractivity contribution >= 4 is 5.78 Å². The lowest BCUT2D eigenvalue weighted by atomic mass is 10.1. The van der Waals surface area contributed by atoms with Gasteiger partial charge in [0.15, 0.2) is 5.78 Å². The summed E-state index contributed by atoms with van der Waals surface area (Å²) in [6.07, 6.45) is 5.57. The van der Waals surface area contributed by atoms with Crippen LogP contribution in [0.2, 0.25) is 0 Å². The number of imidazole rings is 1. The zero-order chi connectivity index (χ0) is 10.6. The highest BCUT2D eigenvalue weighted by Crippen LogP contribution is 2.58. The average Bonchev–Trinajstić information content (AvgIpc) is 2.58. The number of hydrogen-bond donors (Lipinski definition) is 0. The van der Waals surface area contributed by atoms with Crippen LogP contribution in [-0.4, -0.2) is 15.3 Å². The molecular weight excluding hydrogens is 188 g/mol. The lowest BCUT2D eigenvalue weighted by Gasteiger charge is -2.04. The van der Waals surface area contributed by atoms with Crippen LogP contribution in [0.4, 0.5) is 0 Å². The summed E-state index contributed by atoms with van der Waals surface area (Å²) in [7, 11) is 1.92. The van der Waals surface area contributed by atoms with E-state index in [-0.39, 0.29) is 0 Å². The van der Waals surface area contributed by atoms with Gasteiger partial charge in [-0.15, -0.1) is 0 Å². The smallest absolute Gasteiger partial charge is 0.184 e. The van der Waals surface area contributed by atoms with Gasteiger partial charge in [0.25, 0.3) is 0 Å². The first-order valence-corrected chi connectivity index (χ1v) is 5.72. The van der Waals surface area contributed by atoms with Crippen LogP contribution in [0.3, 0.4) is 0 Å². The Bertz CT molecular complexity index is 411. The van der Waals surface area contributed by atoms with Gasteiger partial charge in [-0.3, -0.25) is 4.79 Å². The fraction of sp³-hybridized carbons (Fsp3) is 0.667. The van der Waals surface area contributed by atoms with Gasteiger partial charge in [0.05, 0.1) is 6.20 Å².